The van der Waals surface area contributed by atoms with E-state index in [0.29, 0.717) is 25.1 Å². The number of rotatable bonds is 5. The van der Waals surface area contributed by atoms with Crippen molar-refractivity contribution in [3.8, 4) is 0 Å². The van der Waals surface area contributed by atoms with Crippen LogP contribution in [0.2, 0.25) is 0 Å². The van der Waals surface area contributed by atoms with Gasteiger partial charge in [0.1, 0.15) is 12.4 Å². The zero-order valence-electron chi connectivity index (χ0n) is 14.3. The van der Waals surface area contributed by atoms with Gasteiger partial charge in [0.2, 0.25) is 0 Å². The summed E-state index contributed by atoms with van der Waals surface area (Å²) in [5, 5.41) is 11.4. The number of ether oxygens (including phenoxy) is 1. The van der Waals surface area contributed by atoms with E-state index >= 15 is 0 Å². The van der Waals surface area contributed by atoms with Gasteiger partial charge in [0, 0.05) is 24.6 Å². The van der Waals surface area contributed by atoms with Gasteiger partial charge in [-0.05, 0) is 29.1 Å². The Labute approximate surface area is 161 Å². The smallest absolute Gasteiger partial charge is 0.339 e. The lowest BCUT2D eigenvalue weighted by atomic mass is 9.95. The molecule has 2 heterocycles. The molecule has 0 unspecified atom stereocenters. The van der Waals surface area contributed by atoms with E-state index in [0.717, 1.165) is 33.1 Å². The predicted octanol–water partition coefficient (Wildman–Crippen LogP) is 2.85. The standard InChI is InChI=1S/C18H18N4O2S.ClH/c1-22-15(7-8-19)20-21-18(22)25-10-12-6-5-11-9-24-17(23)14-4-2-3-13(12)16(11)14;/h2-6H,7-10,19H2,1H3;1H. The van der Waals surface area contributed by atoms with Gasteiger partial charge >= 0.3 is 5.97 Å². The van der Waals surface area contributed by atoms with Crippen LogP contribution >= 0.6 is 24.2 Å². The summed E-state index contributed by atoms with van der Waals surface area (Å²) in [4.78, 5) is 12.0. The highest BCUT2D eigenvalue weighted by Crippen LogP contribution is 2.33. The number of carbonyl (C=O) groups is 1. The minimum absolute atomic E-state index is 0. The minimum Gasteiger partial charge on any atom is -0.457 e. The van der Waals surface area contributed by atoms with Crippen LogP contribution in [-0.2, 0) is 30.6 Å². The van der Waals surface area contributed by atoms with Gasteiger partial charge in [-0.15, -0.1) is 22.6 Å². The lowest BCUT2D eigenvalue weighted by Crippen LogP contribution is -2.12. The first-order valence-electron chi connectivity index (χ1n) is 8.10. The van der Waals surface area contributed by atoms with Gasteiger partial charge in [-0.2, -0.15) is 0 Å². The third-order valence-electron chi connectivity index (χ3n) is 4.45. The summed E-state index contributed by atoms with van der Waals surface area (Å²) >= 11 is 1.63. The summed E-state index contributed by atoms with van der Waals surface area (Å²) < 4.78 is 7.22. The van der Waals surface area contributed by atoms with Crippen LogP contribution in [0.25, 0.3) is 10.8 Å². The molecular weight excluding hydrogens is 372 g/mol. The zero-order chi connectivity index (χ0) is 17.4. The number of hydrogen-bond donors (Lipinski definition) is 1. The molecule has 8 heteroatoms. The van der Waals surface area contributed by atoms with Crippen molar-refractivity contribution in [3.63, 3.8) is 0 Å². The molecule has 0 amide bonds. The Bertz CT molecular complexity index is 973. The van der Waals surface area contributed by atoms with Gasteiger partial charge < -0.3 is 15.0 Å². The number of nitrogens with two attached hydrogens (primary N) is 1. The van der Waals surface area contributed by atoms with Crippen LogP contribution < -0.4 is 5.73 Å². The highest BCUT2D eigenvalue weighted by Gasteiger charge is 2.21. The van der Waals surface area contributed by atoms with Crippen LogP contribution in [0.4, 0.5) is 0 Å². The number of aromatic nitrogens is 3. The first kappa shape index (κ1) is 18.7. The Balaban J connectivity index is 0.00000196. The molecule has 1 aliphatic rings. The van der Waals surface area contributed by atoms with Gasteiger partial charge in [-0.3, -0.25) is 0 Å². The average Bonchev–Trinajstić information content (AvgIpc) is 2.97. The molecule has 3 aromatic rings. The van der Waals surface area contributed by atoms with Crippen molar-refractivity contribution in [1.29, 1.82) is 0 Å². The molecule has 136 valence electrons. The monoisotopic (exact) mass is 390 g/mol. The first-order chi connectivity index (χ1) is 12.2. The van der Waals surface area contributed by atoms with Gasteiger partial charge in [-0.25, -0.2) is 4.79 Å². The van der Waals surface area contributed by atoms with Gasteiger partial charge in [0.05, 0.1) is 5.56 Å². The van der Waals surface area contributed by atoms with Crippen LogP contribution in [-0.4, -0.2) is 27.3 Å². The summed E-state index contributed by atoms with van der Waals surface area (Å²) in [6, 6.07) is 9.94. The van der Waals surface area contributed by atoms with Gasteiger partial charge in [-0.1, -0.05) is 36.0 Å². The van der Waals surface area contributed by atoms with Gasteiger partial charge in [0.15, 0.2) is 5.16 Å². The Kier molecular flexibility index (Phi) is 5.50. The van der Waals surface area contributed by atoms with Crippen LogP contribution in [0, 0.1) is 0 Å². The largest absolute Gasteiger partial charge is 0.457 e. The molecule has 1 aromatic heterocycles. The molecular formula is C18H19ClN4O2S. The first-order valence-corrected chi connectivity index (χ1v) is 9.09. The number of cyclic esters (lactones) is 1. The van der Waals surface area contributed by atoms with Crippen molar-refractivity contribution < 1.29 is 9.53 Å². The normalized spacial score (nSPS) is 12.8. The molecule has 0 spiro atoms. The van der Waals surface area contributed by atoms with E-state index in [1.165, 1.54) is 5.56 Å². The molecule has 26 heavy (non-hydrogen) atoms. The average molecular weight is 391 g/mol. The second-order valence-corrected chi connectivity index (χ2v) is 6.92. The van der Waals surface area contributed by atoms with Crippen molar-refractivity contribution in [1.82, 2.24) is 14.8 Å². The number of thioether (sulfide) groups is 1. The van der Waals surface area contributed by atoms with Crippen molar-refractivity contribution >= 4 is 40.9 Å². The molecule has 4 rings (SSSR count). The van der Waals surface area contributed by atoms with Crippen molar-refractivity contribution in [2.45, 2.75) is 23.9 Å². The maximum atomic E-state index is 12.0. The van der Waals surface area contributed by atoms with Gasteiger partial charge in [0.25, 0.3) is 0 Å². The van der Waals surface area contributed by atoms with E-state index in [1.54, 1.807) is 11.8 Å². The lowest BCUT2D eigenvalue weighted by Gasteiger charge is -2.18. The van der Waals surface area contributed by atoms with Crippen LogP contribution in [0.5, 0.6) is 0 Å². The van der Waals surface area contributed by atoms with Crippen LogP contribution in [0.15, 0.2) is 35.5 Å². The van der Waals surface area contributed by atoms with E-state index in [-0.39, 0.29) is 18.4 Å². The third kappa shape index (κ3) is 3.18. The quantitative estimate of drug-likeness (QED) is 0.532. The number of hydrogen-bond acceptors (Lipinski definition) is 6. The summed E-state index contributed by atoms with van der Waals surface area (Å²) in [5.41, 5.74) is 8.47. The van der Waals surface area contributed by atoms with Crippen molar-refractivity contribution in [2.75, 3.05) is 6.54 Å². The van der Waals surface area contributed by atoms with E-state index in [2.05, 4.69) is 22.3 Å². The minimum atomic E-state index is -0.248. The zero-order valence-corrected chi connectivity index (χ0v) is 15.9. The Morgan fingerprint density at radius 1 is 1.27 bits per heavy atom. The van der Waals surface area contributed by atoms with E-state index in [4.69, 9.17) is 10.5 Å². The summed E-state index contributed by atoms with van der Waals surface area (Å²) in [6.45, 7) is 0.896. The summed E-state index contributed by atoms with van der Waals surface area (Å²) in [7, 11) is 1.96. The topological polar surface area (TPSA) is 83.0 Å². The Morgan fingerprint density at radius 2 is 2.12 bits per heavy atom. The Morgan fingerprint density at radius 3 is 2.92 bits per heavy atom. The highest BCUT2D eigenvalue weighted by molar-refractivity contribution is 7.98. The molecule has 0 fully saturated rings. The second kappa shape index (κ2) is 7.65. The van der Waals surface area contributed by atoms with E-state index in [1.807, 2.05) is 29.8 Å². The molecule has 2 aromatic carbocycles. The lowest BCUT2D eigenvalue weighted by molar-refractivity contribution is 0.0463. The maximum absolute atomic E-state index is 12.0. The fourth-order valence-corrected chi connectivity index (χ4v) is 4.07. The number of esters is 1. The molecule has 6 nitrogen and oxygen atoms in total. The Hall–Kier alpha value is -2.09. The van der Waals surface area contributed by atoms with Crippen LogP contribution in [0.3, 0.4) is 0 Å². The molecule has 0 saturated carbocycles. The maximum Gasteiger partial charge on any atom is 0.339 e. The van der Waals surface area contributed by atoms with E-state index in [9.17, 15) is 4.79 Å². The molecule has 1 aliphatic heterocycles. The number of benzene rings is 2. The number of carbonyl (C=O) groups excluding carboxylic acids is 1. The van der Waals surface area contributed by atoms with E-state index < -0.39 is 0 Å². The molecule has 0 bridgehead atoms. The molecule has 0 atom stereocenters. The summed E-state index contributed by atoms with van der Waals surface area (Å²) in [6.07, 6.45) is 0.715. The number of nitrogens with zero attached hydrogens (tertiary/aromatic N) is 3. The fourth-order valence-electron chi connectivity index (χ4n) is 3.14. The van der Waals surface area contributed by atoms with Crippen molar-refractivity contribution in [3.05, 3.63) is 52.8 Å². The third-order valence-corrected chi connectivity index (χ3v) is 5.51. The second-order valence-electron chi connectivity index (χ2n) is 5.97. The SMILES string of the molecule is Cl.Cn1c(CCN)nnc1SCc1ccc2c3c(cccc13)C(=O)OC2. The summed E-state index contributed by atoms with van der Waals surface area (Å²) in [5.74, 6) is 1.40. The molecule has 0 radical (unpaired) electrons. The van der Waals surface area contributed by atoms with Crippen LogP contribution in [0.1, 0.15) is 27.3 Å². The fraction of sp³-hybridized carbons (Fsp3) is 0.278. The predicted molar refractivity (Wildman–Crippen MR) is 104 cm³/mol. The molecule has 0 aliphatic carbocycles. The molecule has 2 N–H and O–H groups in total. The number of halogens is 1. The molecule has 0 saturated heterocycles. The highest BCUT2D eigenvalue weighted by atomic mass is 35.5. The van der Waals surface area contributed by atoms with Crippen molar-refractivity contribution in [2.24, 2.45) is 12.8 Å².